The van der Waals surface area contributed by atoms with E-state index in [1.54, 1.807) is 18.2 Å². The number of carbonyl (C=O) groups excluding carboxylic acids is 1. The summed E-state index contributed by atoms with van der Waals surface area (Å²) >= 11 is 0. The Balaban J connectivity index is 1.08. The summed E-state index contributed by atoms with van der Waals surface area (Å²) in [6, 6.07) is 11.0. The molecule has 0 radical (unpaired) electrons. The third-order valence-corrected chi connectivity index (χ3v) is 9.69. The van der Waals surface area contributed by atoms with E-state index < -0.39 is 5.60 Å². The van der Waals surface area contributed by atoms with Gasteiger partial charge in [-0.15, -0.1) is 5.10 Å². The van der Waals surface area contributed by atoms with Crippen molar-refractivity contribution in [2.45, 2.75) is 96.6 Å². The molecule has 3 aliphatic heterocycles. The Hall–Kier alpha value is -4.12. The molecule has 1 amide bonds. The second kappa shape index (κ2) is 11.9. The number of carbonyl (C=O) groups is 1. The SMILES string of the molecule is C[C@@H]1CN(C(=O)c2nc(-c3ccc(F)cc3)n3c2CCCCC3)C[C@H](C)N1Cc1cn([C@@H]2CC(C)(C)Oc3ccc(F)cc32)nn1. The second-order valence-electron chi connectivity index (χ2n) is 13.7. The van der Waals surface area contributed by atoms with Crippen LogP contribution in [0.2, 0.25) is 0 Å². The van der Waals surface area contributed by atoms with Gasteiger partial charge in [-0.1, -0.05) is 11.6 Å². The van der Waals surface area contributed by atoms with Crippen molar-refractivity contribution in [3.05, 3.63) is 82.9 Å². The van der Waals surface area contributed by atoms with Crippen molar-refractivity contribution in [3.63, 3.8) is 0 Å². The molecule has 0 unspecified atom stereocenters. The van der Waals surface area contributed by atoms with E-state index in [1.807, 2.05) is 29.6 Å². The van der Waals surface area contributed by atoms with Crippen LogP contribution in [0.5, 0.6) is 5.75 Å². The number of benzene rings is 2. The molecule has 1 saturated heterocycles. The maximum absolute atomic E-state index is 14.2. The number of amides is 1. The molecule has 3 atom stereocenters. The summed E-state index contributed by atoms with van der Waals surface area (Å²) in [5, 5.41) is 8.99. The van der Waals surface area contributed by atoms with Crippen LogP contribution in [0.3, 0.4) is 0 Å². The molecule has 0 saturated carbocycles. The topological polar surface area (TPSA) is 81.3 Å². The quantitative estimate of drug-likeness (QED) is 0.268. The van der Waals surface area contributed by atoms with Crippen molar-refractivity contribution in [1.82, 2.24) is 34.3 Å². The van der Waals surface area contributed by atoms with Crippen molar-refractivity contribution < 1.29 is 18.3 Å². The molecule has 9 nitrogen and oxygen atoms in total. The average Bonchev–Trinajstić information content (AvgIpc) is 3.55. The smallest absolute Gasteiger partial charge is 0.274 e. The van der Waals surface area contributed by atoms with Gasteiger partial charge < -0.3 is 14.2 Å². The molecule has 1 fully saturated rings. The fourth-order valence-corrected chi connectivity index (χ4v) is 7.44. The fraction of sp³-hybridized carbons (Fsp3) is 0.486. The molecular formula is C35H41F2N7O2. The summed E-state index contributed by atoms with van der Waals surface area (Å²) in [7, 11) is 0. The Kier molecular flexibility index (Phi) is 7.91. The summed E-state index contributed by atoms with van der Waals surface area (Å²) in [6.07, 6.45) is 6.54. The van der Waals surface area contributed by atoms with Gasteiger partial charge in [0, 0.05) is 55.8 Å². The van der Waals surface area contributed by atoms with Crippen LogP contribution in [-0.2, 0) is 19.5 Å². The minimum atomic E-state index is -0.430. The van der Waals surface area contributed by atoms with Gasteiger partial charge in [0.1, 0.15) is 34.5 Å². The first-order valence-corrected chi connectivity index (χ1v) is 16.4. The summed E-state index contributed by atoms with van der Waals surface area (Å²) in [5.41, 5.74) is 3.49. The van der Waals surface area contributed by atoms with Gasteiger partial charge in [0.25, 0.3) is 5.91 Å². The van der Waals surface area contributed by atoms with E-state index in [9.17, 15) is 13.6 Å². The lowest BCUT2D eigenvalue weighted by Gasteiger charge is -2.44. The van der Waals surface area contributed by atoms with Crippen LogP contribution >= 0.6 is 0 Å². The summed E-state index contributed by atoms with van der Waals surface area (Å²) in [4.78, 5) is 23.3. The highest BCUT2D eigenvalue weighted by Gasteiger charge is 2.38. The lowest BCUT2D eigenvalue weighted by atomic mass is 9.90. The number of hydrogen-bond donors (Lipinski definition) is 0. The molecule has 2 aromatic carbocycles. The second-order valence-corrected chi connectivity index (χ2v) is 13.7. The number of hydrogen-bond acceptors (Lipinski definition) is 6. The van der Waals surface area contributed by atoms with Gasteiger partial charge in [-0.05, 0) is 89.4 Å². The Morgan fingerprint density at radius 3 is 2.50 bits per heavy atom. The Labute approximate surface area is 268 Å². The first kappa shape index (κ1) is 30.5. The molecule has 7 rings (SSSR count). The zero-order valence-electron chi connectivity index (χ0n) is 26.9. The number of aromatic nitrogens is 5. The van der Waals surface area contributed by atoms with Crippen molar-refractivity contribution in [3.8, 4) is 17.1 Å². The van der Waals surface area contributed by atoms with Crippen LogP contribution in [0.4, 0.5) is 8.78 Å². The molecule has 3 aliphatic rings. The predicted molar refractivity (Wildman–Crippen MR) is 169 cm³/mol. The van der Waals surface area contributed by atoms with Crippen LogP contribution in [0.15, 0.2) is 48.7 Å². The number of rotatable bonds is 5. The van der Waals surface area contributed by atoms with Crippen LogP contribution in [0, 0.1) is 11.6 Å². The van der Waals surface area contributed by atoms with Gasteiger partial charge in [-0.25, -0.2) is 18.4 Å². The van der Waals surface area contributed by atoms with Crippen molar-refractivity contribution in [2.75, 3.05) is 13.1 Å². The zero-order valence-corrected chi connectivity index (χ0v) is 26.9. The first-order chi connectivity index (χ1) is 22.1. The van der Waals surface area contributed by atoms with E-state index in [-0.39, 0.29) is 35.7 Å². The summed E-state index contributed by atoms with van der Waals surface area (Å²) in [6.45, 7) is 10.8. The minimum absolute atomic E-state index is 0.0451. The van der Waals surface area contributed by atoms with Crippen LogP contribution < -0.4 is 4.74 Å². The first-order valence-electron chi connectivity index (χ1n) is 16.4. The third kappa shape index (κ3) is 5.81. The zero-order chi connectivity index (χ0) is 32.2. The highest BCUT2D eigenvalue weighted by atomic mass is 19.1. The average molecular weight is 630 g/mol. The lowest BCUT2D eigenvalue weighted by Crippen LogP contribution is -2.57. The van der Waals surface area contributed by atoms with Gasteiger partial charge in [-0.2, -0.15) is 0 Å². The Morgan fingerprint density at radius 1 is 1.00 bits per heavy atom. The van der Waals surface area contributed by atoms with Crippen LogP contribution in [0.1, 0.15) is 86.9 Å². The normalized spacial score (nSPS) is 22.9. The van der Waals surface area contributed by atoms with E-state index in [2.05, 4.69) is 33.6 Å². The standard InChI is InChI=1S/C35H41F2N7O2/c1-22-18-41(34(45)32-29-8-6-5-7-15-42(29)33(38-32)24-9-11-25(36)12-10-24)19-23(2)43(22)20-27-21-44(40-39-27)30-17-35(3,4)46-31-14-13-26(37)16-28(30)31/h9-14,16,21-23,30H,5-8,15,17-20H2,1-4H3/t22-,23+,30-/m1/s1. The molecular weight excluding hydrogens is 588 g/mol. The van der Waals surface area contributed by atoms with E-state index >= 15 is 0 Å². The summed E-state index contributed by atoms with van der Waals surface area (Å²) < 4.78 is 38.0. The van der Waals surface area contributed by atoms with Crippen molar-refractivity contribution >= 4 is 5.91 Å². The Morgan fingerprint density at radius 2 is 1.74 bits per heavy atom. The molecule has 0 spiro atoms. The molecule has 242 valence electrons. The summed E-state index contributed by atoms with van der Waals surface area (Å²) in [5.74, 6) is 0.764. The highest BCUT2D eigenvalue weighted by Crippen LogP contribution is 2.41. The van der Waals surface area contributed by atoms with Crippen LogP contribution in [0.25, 0.3) is 11.4 Å². The van der Waals surface area contributed by atoms with E-state index in [1.165, 1.54) is 24.3 Å². The molecule has 0 bridgehead atoms. The maximum Gasteiger partial charge on any atom is 0.274 e. The van der Waals surface area contributed by atoms with E-state index in [0.29, 0.717) is 37.5 Å². The number of halogens is 2. The van der Waals surface area contributed by atoms with Crippen molar-refractivity contribution in [1.29, 1.82) is 0 Å². The van der Waals surface area contributed by atoms with Gasteiger partial charge in [0.15, 0.2) is 0 Å². The molecule has 4 aromatic rings. The Bertz CT molecular complexity index is 1740. The molecule has 46 heavy (non-hydrogen) atoms. The minimum Gasteiger partial charge on any atom is -0.487 e. The van der Waals surface area contributed by atoms with Crippen LogP contribution in [-0.4, -0.2) is 71.0 Å². The predicted octanol–water partition coefficient (Wildman–Crippen LogP) is 6.03. The van der Waals surface area contributed by atoms with Gasteiger partial charge >= 0.3 is 0 Å². The monoisotopic (exact) mass is 629 g/mol. The number of ether oxygens (including phenoxy) is 1. The molecule has 0 aliphatic carbocycles. The van der Waals surface area contributed by atoms with Crippen molar-refractivity contribution in [2.24, 2.45) is 0 Å². The number of piperazine rings is 1. The van der Waals surface area contributed by atoms with Gasteiger partial charge in [-0.3, -0.25) is 9.69 Å². The van der Waals surface area contributed by atoms with E-state index in [0.717, 1.165) is 60.6 Å². The maximum atomic E-state index is 14.2. The fourth-order valence-electron chi connectivity index (χ4n) is 7.44. The van der Waals surface area contributed by atoms with Gasteiger partial charge in [0.2, 0.25) is 0 Å². The number of nitrogens with zero attached hydrogens (tertiary/aromatic N) is 7. The third-order valence-electron chi connectivity index (χ3n) is 9.69. The van der Waals surface area contributed by atoms with Gasteiger partial charge in [0.05, 0.1) is 23.6 Å². The largest absolute Gasteiger partial charge is 0.487 e. The molecule has 11 heteroatoms. The number of imidazole rings is 1. The number of fused-ring (bicyclic) bond motifs is 2. The highest BCUT2D eigenvalue weighted by molar-refractivity contribution is 5.94. The lowest BCUT2D eigenvalue weighted by molar-refractivity contribution is 0.0259. The molecule has 5 heterocycles. The molecule has 2 aromatic heterocycles. The van der Waals surface area contributed by atoms with E-state index in [4.69, 9.17) is 9.72 Å². The molecule has 0 N–H and O–H groups in total.